The van der Waals surface area contributed by atoms with Crippen LogP contribution in [0.5, 0.6) is 0 Å². The Bertz CT molecular complexity index is 1020. The Kier molecular flexibility index (Phi) is 3.03. The average molecular weight is 362 g/mol. The van der Waals surface area contributed by atoms with Crippen LogP contribution in [-0.2, 0) is 10.0 Å². The van der Waals surface area contributed by atoms with E-state index in [0.29, 0.717) is 30.0 Å². The molecule has 1 aromatic carbocycles. The number of hydrogen-bond donors (Lipinski definition) is 0. The van der Waals surface area contributed by atoms with Crippen LogP contribution < -0.4 is 0 Å². The fourth-order valence-corrected chi connectivity index (χ4v) is 5.35. The van der Waals surface area contributed by atoms with Crippen molar-refractivity contribution in [2.24, 2.45) is 0 Å². The van der Waals surface area contributed by atoms with Crippen molar-refractivity contribution in [1.29, 1.82) is 0 Å². The van der Waals surface area contributed by atoms with Gasteiger partial charge in [0.2, 0.25) is 10.0 Å². The maximum Gasteiger partial charge on any atom is 0.245 e. The van der Waals surface area contributed by atoms with Crippen molar-refractivity contribution in [3.63, 3.8) is 0 Å². The predicted molar refractivity (Wildman–Crippen MR) is 87.2 cm³/mol. The first-order valence-electron chi connectivity index (χ1n) is 7.75. The smallest absolute Gasteiger partial charge is 0.245 e. The second kappa shape index (κ2) is 5.04. The lowest BCUT2D eigenvalue weighted by atomic mass is 10.1. The molecule has 10 heteroatoms. The summed E-state index contributed by atoms with van der Waals surface area (Å²) in [5.41, 5.74) is 1.07. The van der Waals surface area contributed by atoms with Crippen molar-refractivity contribution in [2.75, 3.05) is 13.1 Å². The van der Waals surface area contributed by atoms with Gasteiger partial charge in [0, 0.05) is 19.0 Å². The summed E-state index contributed by atoms with van der Waals surface area (Å²) in [7, 11) is -3.56. The van der Waals surface area contributed by atoms with E-state index in [2.05, 4.69) is 18.9 Å². The van der Waals surface area contributed by atoms with Gasteiger partial charge in [0.25, 0.3) is 0 Å². The predicted octanol–water partition coefficient (Wildman–Crippen LogP) is 1.41. The molecule has 0 N–H and O–H groups in total. The minimum Gasteiger partial charge on any atom is -0.312 e. The lowest BCUT2D eigenvalue weighted by Crippen LogP contribution is -2.50. The van der Waals surface area contributed by atoms with E-state index in [9.17, 15) is 8.42 Å². The molecule has 0 spiro atoms. The Morgan fingerprint density at radius 1 is 1.17 bits per heavy atom. The highest BCUT2D eigenvalue weighted by Crippen LogP contribution is 2.41. The van der Waals surface area contributed by atoms with Crippen LogP contribution in [0.1, 0.15) is 30.6 Å². The topological polar surface area (TPSA) is 93.9 Å². The fourth-order valence-electron chi connectivity index (χ4n) is 3.08. The van der Waals surface area contributed by atoms with Crippen LogP contribution in [0.15, 0.2) is 29.4 Å². The Labute approximate surface area is 142 Å². The van der Waals surface area contributed by atoms with Crippen molar-refractivity contribution in [3.8, 4) is 0 Å². The lowest BCUT2D eigenvalue weighted by Gasteiger charge is -2.39. The van der Waals surface area contributed by atoms with Crippen molar-refractivity contribution in [2.45, 2.75) is 29.7 Å². The lowest BCUT2D eigenvalue weighted by molar-refractivity contribution is 0.200. The van der Waals surface area contributed by atoms with E-state index < -0.39 is 10.0 Å². The molecule has 124 valence electrons. The van der Waals surface area contributed by atoms with E-state index in [4.69, 9.17) is 0 Å². The fraction of sp³-hybridized carbons (Fsp3) is 0.429. The SMILES string of the molecule is O=S(=O)(c1cccc2nsnc12)N1CC(n2cnnc2C2CC2)C1. The van der Waals surface area contributed by atoms with E-state index in [0.717, 1.165) is 30.4 Å². The van der Waals surface area contributed by atoms with Crippen LogP contribution in [0.25, 0.3) is 11.0 Å². The molecule has 0 radical (unpaired) electrons. The molecule has 5 rings (SSSR count). The first kappa shape index (κ1) is 14.4. The standard InChI is InChI=1S/C14H14N6O2S2/c21-24(22,12-3-1-2-11-13(12)18-23-17-11)19-6-10(7-19)20-8-15-16-14(20)9-4-5-9/h1-3,8-10H,4-7H2. The average Bonchev–Trinajstić information content (AvgIpc) is 3.06. The van der Waals surface area contributed by atoms with Crippen molar-refractivity contribution in [3.05, 3.63) is 30.4 Å². The van der Waals surface area contributed by atoms with Gasteiger partial charge in [-0.1, -0.05) is 6.07 Å². The highest BCUT2D eigenvalue weighted by atomic mass is 32.2. The van der Waals surface area contributed by atoms with Gasteiger partial charge in [-0.05, 0) is 25.0 Å². The summed E-state index contributed by atoms with van der Waals surface area (Å²) >= 11 is 1.03. The van der Waals surface area contributed by atoms with Crippen LogP contribution in [0.3, 0.4) is 0 Å². The molecule has 0 unspecified atom stereocenters. The van der Waals surface area contributed by atoms with Crippen LogP contribution >= 0.6 is 11.7 Å². The van der Waals surface area contributed by atoms with Gasteiger partial charge in [0.05, 0.1) is 17.8 Å². The molecule has 0 atom stereocenters. The van der Waals surface area contributed by atoms with Gasteiger partial charge in [-0.3, -0.25) is 0 Å². The highest BCUT2D eigenvalue weighted by Gasteiger charge is 2.41. The normalized spacial score (nSPS) is 19.7. The van der Waals surface area contributed by atoms with Crippen LogP contribution in [0.2, 0.25) is 0 Å². The first-order chi connectivity index (χ1) is 11.6. The summed E-state index contributed by atoms with van der Waals surface area (Å²) in [4.78, 5) is 0.235. The Hall–Kier alpha value is -1.91. The summed E-state index contributed by atoms with van der Waals surface area (Å²) in [5, 5.41) is 8.18. The number of hydrogen-bond acceptors (Lipinski definition) is 7. The van der Waals surface area contributed by atoms with Gasteiger partial charge < -0.3 is 4.57 Å². The molecule has 3 heterocycles. The molecule has 1 aliphatic carbocycles. The third-order valence-corrected chi connectivity index (χ3v) is 7.04. The van der Waals surface area contributed by atoms with Gasteiger partial charge in [-0.15, -0.1) is 10.2 Å². The molecular weight excluding hydrogens is 348 g/mol. The molecule has 24 heavy (non-hydrogen) atoms. The summed E-state index contributed by atoms with van der Waals surface area (Å²) in [6.07, 6.45) is 4.01. The first-order valence-corrected chi connectivity index (χ1v) is 9.92. The second-order valence-corrected chi connectivity index (χ2v) is 8.67. The molecule has 2 aliphatic rings. The number of benzene rings is 1. The number of aromatic nitrogens is 5. The summed E-state index contributed by atoms with van der Waals surface area (Å²) in [6.45, 7) is 0.877. The van der Waals surface area contributed by atoms with E-state index in [1.54, 1.807) is 24.5 Å². The molecule has 8 nitrogen and oxygen atoms in total. The Balaban J connectivity index is 1.42. The van der Waals surface area contributed by atoms with Gasteiger partial charge in [0.15, 0.2) is 0 Å². The summed E-state index contributed by atoms with van der Waals surface area (Å²) in [6, 6.07) is 5.19. The van der Waals surface area contributed by atoms with Gasteiger partial charge in [-0.25, -0.2) is 8.42 Å². The molecule has 1 aliphatic heterocycles. The van der Waals surface area contributed by atoms with Crippen molar-refractivity contribution in [1.82, 2.24) is 27.8 Å². The second-order valence-electron chi connectivity index (χ2n) is 6.23. The molecule has 1 saturated carbocycles. The van der Waals surface area contributed by atoms with Gasteiger partial charge in [-0.2, -0.15) is 13.1 Å². The molecular formula is C14H14N6O2S2. The highest BCUT2D eigenvalue weighted by molar-refractivity contribution is 7.89. The summed E-state index contributed by atoms with van der Waals surface area (Å²) in [5.74, 6) is 1.48. The zero-order valence-corrected chi connectivity index (χ0v) is 14.2. The molecule has 2 aromatic heterocycles. The van der Waals surface area contributed by atoms with E-state index in [1.165, 1.54) is 4.31 Å². The minimum atomic E-state index is -3.56. The van der Waals surface area contributed by atoms with Gasteiger partial charge >= 0.3 is 0 Å². The number of rotatable bonds is 4. The van der Waals surface area contributed by atoms with E-state index >= 15 is 0 Å². The van der Waals surface area contributed by atoms with Crippen LogP contribution in [0.4, 0.5) is 0 Å². The monoisotopic (exact) mass is 362 g/mol. The molecule has 2 fully saturated rings. The quantitative estimate of drug-likeness (QED) is 0.696. The zero-order chi connectivity index (χ0) is 16.3. The summed E-state index contributed by atoms with van der Waals surface area (Å²) < 4.78 is 37.6. The zero-order valence-electron chi connectivity index (χ0n) is 12.6. The van der Waals surface area contributed by atoms with E-state index in [-0.39, 0.29) is 10.9 Å². The molecule has 0 amide bonds. The maximum atomic E-state index is 12.9. The van der Waals surface area contributed by atoms with E-state index in [1.807, 2.05) is 4.57 Å². The largest absolute Gasteiger partial charge is 0.312 e. The molecule has 1 saturated heterocycles. The Morgan fingerprint density at radius 2 is 2.00 bits per heavy atom. The third kappa shape index (κ3) is 2.10. The van der Waals surface area contributed by atoms with Crippen molar-refractivity contribution >= 4 is 32.8 Å². The maximum absolute atomic E-state index is 12.9. The Morgan fingerprint density at radius 3 is 2.79 bits per heavy atom. The number of fused-ring (bicyclic) bond motifs is 1. The number of nitrogens with zero attached hydrogens (tertiary/aromatic N) is 6. The number of sulfonamides is 1. The van der Waals surface area contributed by atoms with Crippen molar-refractivity contribution < 1.29 is 8.42 Å². The van der Waals surface area contributed by atoms with Crippen LogP contribution in [0, 0.1) is 0 Å². The van der Waals surface area contributed by atoms with Crippen LogP contribution in [-0.4, -0.2) is 49.3 Å². The van der Waals surface area contributed by atoms with Gasteiger partial charge in [0.1, 0.15) is 28.1 Å². The third-order valence-electron chi connectivity index (χ3n) is 4.63. The molecule has 0 bridgehead atoms. The minimum absolute atomic E-state index is 0.109. The molecule has 3 aromatic rings.